The molecule has 5 saturated carbocycles. The van der Waals surface area contributed by atoms with Crippen LogP contribution < -0.4 is 0 Å². The number of rotatable bonds is 7. The molecule has 5 fully saturated rings. The van der Waals surface area contributed by atoms with Crippen molar-refractivity contribution in [2.75, 3.05) is 0 Å². The molecule has 0 bridgehead atoms. The molecule has 0 aliphatic heterocycles. The zero-order valence-corrected chi connectivity index (χ0v) is 26.4. The van der Waals surface area contributed by atoms with Crippen LogP contribution in [-0.4, -0.2) is 61.3 Å². The number of aliphatic hydroxyl groups excluding tert-OH is 4. The van der Waals surface area contributed by atoms with Crippen molar-refractivity contribution in [1.82, 2.24) is 0 Å². The number of carbonyl (C=O) groups excluding carboxylic acids is 1. The number of hydrogen-bond donors (Lipinski definition) is 5. The number of carbonyl (C=O) groups is 1. The number of fused-ring (bicyclic) bond motifs is 3. The fourth-order valence-corrected chi connectivity index (χ4v) is 11.5. The molecule has 0 aromatic rings. The van der Waals surface area contributed by atoms with Crippen LogP contribution >= 0.6 is 0 Å². The summed E-state index contributed by atoms with van der Waals surface area (Å²) in [5, 5.41) is 59.4. The van der Waals surface area contributed by atoms with Gasteiger partial charge in [-0.2, -0.15) is 0 Å². The lowest BCUT2D eigenvalue weighted by atomic mass is 9.45. The van der Waals surface area contributed by atoms with E-state index < -0.39 is 41.9 Å². The third kappa shape index (κ3) is 5.38. The third-order valence-corrected chi connectivity index (χ3v) is 13.6. The molecule has 0 saturated heterocycles. The largest absolute Gasteiger partial charge is 0.392 e. The fourth-order valence-electron chi connectivity index (χ4n) is 11.5. The summed E-state index contributed by atoms with van der Waals surface area (Å²) < 4.78 is 0. The van der Waals surface area contributed by atoms with Gasteiger partial charge in [-0.3, -0.25) is 4.79 Å². The Labute approximate surface area is 248 Å². The molecule has 0 amide bonds. The first kappa shape index (κ1) is 31.9. The summed E-state index contributed by atoms with van der Waals surface area (Å²) in [6.07, 6.45) is 8.27. The van der Waals surface area contributed by atoms with Gasteiger partial charge in [0.1, 0.15) is 11.4 Å². The molecule has 6 nitrogen and oxygen atoms in total. The number of Topliss-reactive ketones (excluding diaryl/α,β-unsaturated/α-hetero) is 1. The zero-order valence-electron chi connectivity index (χ0n) is 26.4. The molecule has 5 rings (SSSR count). The Morgan fingerprint density at radius 3 is 2.10 bits per heavy atom. The number of hydrogen-bond acceptors (Lipinski definition) is 6. The van der Waals surface area contributed by atoms with Crippen LogP contribution in [0.25, 0.3) is 0 Å². The van der Waals surface area contributed by atoms with E-state index in [1.54, 1.807) is 0 Å². The van der Waals surface area contributed by atoms with E-state index in [1.807, 2.05) is 6.92 Å². The Morgan fingerprint density at radius 2 is 1.51 bits per heavy atom. The topological polar surface area (TPSA) is 118 Å². The van der Waals surface area contributed by atoms with E-state index in [1.165, 1.54) is 39.0 Å². The molecule has 0 radical (unpaired) electrons. The van der Waals surface area contributed by atoms with Gasteiger partial charge < -0.3 is 25.5 Å². The predicted molar refractivity (Wildman–Crippen MR) is 160 cm³/mol. The second-order valence-corrected chi connectivity index (χ2v) is 15.8. The fraction of sp³-hybridized carbons (Fsp3) is 0.971. The normalized spacial score (nSPS) is 51.9. The quantitative estimate of drug-likeness (QED) is 0.292. The summed E-state index contributed by atoms with van der Waals surface area (Å²) in [4.78, 5) is 12.6. The van der Waals surface area contributed by atoms with E-state index in [-0.39, 0.29) is 41.3 Å². The Balaban J connectivity index is 1.40. The van der Waals surface area contributed by atoms with Gasteiger partial charge in [0.15, 0.2) is 0 Å². The summed E-state index contributed by atoms with van der Waals surface area (Å²) in [7, 11) is 0. The van der Waals surface area contributed by atoms with Crippen molar-refractivity contribution in [2.24, 2.45) is 71.0 Å². The molecule has 0 spiro atoms. The van der Waals surface area contributed by atoms with Gasteiger partial charge >= 0.3 is 0 Å². The maximum atomic E-state index is 12.6. The van der Waals surface area contributed by atoms with Crippen LogP contribution in [0.15, 0.2) is 0 Å². The molecular weight excluding hydrogens is 516 g/mol. The first-order valence-corrected chi connectivity index (χ1v) is 17.4. The molecular formula is C35H60O6. The number of aliphatic hydroxyl groups is 5. The van der Waals surface area contributed by atoms with Gasteiger partial charge in [0.2, 0.25) is 0 Å². The molecule has 6 heteroatoms. The van der Waals surface area contributed by atoms with Crippen molar-refractivity contribution in [3.63, 3.8) is 0 Å². The molecule has 5 aliphatic rings. The Bertz CT molecular complexity index is 899. The second-order valence-electron chi connectivity index (χ2n) is 15.8. The summed E-state index contributed by atoms with van der Waals surface area (Å²) in [5.74, 6) is 0.414. The van der Waals surface area contributed by atoms with Crippen LogP contribution in [0.1, 0.15) is 112 Å². The summed E-state index contributed by atoms with van der Waals surface area (Å²) in [6, 6.07) is 0. The van der Waals surface area contributed by atoms with E-state index in [9.17, 15) is 30.3 Å². The molecule has 236 valence electrons. The van der Waals surface area contributed by atoms with E-state index >= 15 is 0 Å². The summed E-state index contributed by atoms with van der Waals surface area (Å²) >= 11 is 0. The van der Waals surface area contributed by atoms with Crippen LogP contribution in [0.3, 0.4) is 0 Å². The average Bonchev–Trinajstić information content (AvgIpc) is 2.93. The van der Waals surface area contributed by atoms with Gasteiger partial charge in [0, 0.05) is 17.8 Å². The minimum atomic E-state index is -1.82. The monoisotopic (exact) mass is 576 g/mol. The molecule has 14 atom stereocenters. The first-order valence-electron chi connectivity index (χ1n) is 17.4. The number of unbranched alkanes of at least 4 members (excludes halogenated alkanes) is 1. The third-order valence-electron chi connectivity index (χ3n) is 13.6. The van der Waals surface area contributed by atoms with Crippen molar-refractivity contribution in [3.05, 3.63) is 0 Å². The van der Waals surface area contributed by atoms with Gasteiger partial charge in [-0.05, 0) is 98.7 Å². The van der Waals surface area contributed by atoms with Gasteiger partial charge in [0.05, 0.1) is 24.4 Å². The lowest BCUT2D eigenvalue weighted by Crippen LogP contribution is -2.73. The van der Waals surface area contributed by atoms with Crippen molar-refractivity contribution in [3.8, 4) is 0 Å². The van der Waals surface area contributed by atoms with Gasteiger partial charge in [0.25, 0.3) is 0 Å². The van der Waals surface area contributed by atoms with Gasteiger partial charge in [-0.15, -0.1) is 0 Å². The van der Waals surface area contributed by atoms with Crippen molar-refractivity contribution >= 4 is 5.78 Å². The van der Waals surface area contributed by atoms with E-state index in [0.717, 1.165) is 38.0 Å². The van der Waals surface area contributed by atoms with Crippen LogP contribution in [0, 0.1) is 71.0 Å². The highest BCUT2D eigenvalue weighted by Gasteiger charge is 2.67. The van der Waals surface area contributed by atoms with Crippen molar-refractivity contribution in [1.29, 1.82) is 0 Å². The lowest BCUT2D eigenvalue weighted by Gasteiger charge is -2.63. The molecule has 41 heavy (non-hydrogen) atoms. The van der Waals surface area contributed by atoms with E-state index in [0.29, 0.717) is 30.6 Å². The maximum Gasteiger partial charge on any atom is 0.135 e. The molecule has 0 heterocycles. The first-order chi connectivity index (χ1) is 19.4. The molecule has 5 N–H and O–H groups in total. The van der Waals surface area contributed by atoms with Crippen LogP contribution in [0.5, 0.6) is 0 Å². The summed E-state index contributed by atoms with van der Waals surface area (Å²) in [6.45, 7) is 10.3. The average molecular weight is 577 g/mol. The highest BCUT2D eigenvalue weighted by Crippen LogP contribution is 2.61. The summed E-state index contributed by atoms with van der Waals surface area (Å²) in [5.41, 5.74) is -1.82. The SMILES string of the molecule is CCCCC1CCC(C2CC(C(C)C)C3C[C@H]4C[C@H]5CC(CC)C(C(C)=O)C(O)[C@@]5(O)C(O)C4C(O)C3C2O)CC1. The highest BCUT2D eigenvalue weighted by atomic mass is 16.4. The van der Waals surface area contributed by atoms with E-state index in [2.05, 4.69) is 20.8 Å². The maximum absolute atomic E-state index is 12.6. The Hall–Kier alpha value is -0.530. The van der Waals surface area contributed by atoms with Crippen molar-refractivity contribution in [2.45, 2.75) is 142 Å². The van der Waals surface area contributed by atoms with Crippen LogP contribution in [0.4, 0.5) is 0 Å². The minimum absolute atomic E-state index is 0.0180. The van der Waals surface area contributed by atoms with Crippen LogP contribution in [-0.2, 0) is 4.79 Å². The predicted octanol–water partition coefficient (Wildman–Crippen LogP) is 4.97. The van der Waals surface area contributed by atoms with E-state index in [4.69, 9.17) is 0 Å². The van der Waals surface area contributed by atoms with Crippen molar-refractivity contribution < 1.29 is 30.3 Å². The molecule has 0 aromatic carbocycles. The number of ketones is 1. The molecule has 11 unspecified atom stereocenters. The second kappa shape index (κ2) is 12.5. The molecule has 5 aliphatic carbocycles. The van der Waals surface area contributed by atoms with Crippen LogP contribution in [0.2, 0.25) is 0 Å². The highest BCUT2D eigenvalue weighted by molar-refractivity contribution is 5.79. The minimum Gasteiger partial charge on any atom is -0.392 e. The van der Waals surface area contributed by atoms with Gasteiger partial charge in [-0.1, -0.05) is 66.2 Å². The zero-order chi connectivity index (χ0) is 29.8. The lowest BCUT2D eigenvalue weighted by molar-refractivity contribution is -0.285. The standard InChI is InChI=1S/C35H60O6/c1-6-8-9-20-10-12-22(13-11-20)26-17-25(18(3)4)27-16-23-15-24-14-21(7-2)28(19(5)36)33(39)35(24,41)34(40)29(23)32(38)30(27)31(26)37/h18,20-34,37-41H,6-17H2,1-5H3/t20?,21?,22?,23-,24-,25?,26?,27?,28?,29?,30?,31?,32?,33?,34?,35-/m1/s1. The molecule has 0 aromatic heterocycles. The van der Waals surface area contributed by atoms with Gasteiger partial charge in [-0.25, -0.2) is 0 Å². The Morgan fingerprint density at radius 1 is 0.829 bits per heavy atom. The smallest absolute Gasteiger partial charge is 0.135 e. The Kier molecular flexibility index (Phi) is 9.69.